The number of nitrogens with two attached hydrogens (primary N) is 2. The van der Waals surface area contributed by atoms with Crippen LogP contribution in [-0.4, -0.2) is 30.4 Å². The normalized spacial score (nSPS) is 14.6. The summed E-state index contributed by atoms with van der Waals surface area (Å²) in [5.41, 5.74) is 13.5. The van der Waals surface area contributed by atoms with Crippen molar-refractivity contribution in [2.75, 3.05) is 13.6 Å². The van der Waals surface area contributed by atoms with E-state index >= 15 is 0 Å². The van der Waals surface area contributed by atoms with Crippen LogP contribution in [0.2, 0.25) is 0 Å². The predicted octanol–water partition coefficient (Wildman–Crippen LogP) is 0.800. The number of nitrogens with zero attached hydrogens (tertiary/aromatic N) is 1. The molecule has 4 N–H and O–H groups in total. The molecule has 1 amide bonds. The van der Waals surface area contributed by atoms with Crippen LogP contribution in [0.5, 0.6) is 0 Å². The van der Waals surface area contributed by atoms with Gasteiger partial charge in [0, 0.05) is 12.1 Å². The molecule has 0 saturated carbocycles. The van der Waals surface area contributed by atoms with Crippen LogP contribution in [0.1, 0.15) is 24.1 Å². The van der Waals surface area contributed by atoms with Gasteiger partial charge in [-0.05, 0) is 26.5 Å². The van der Waals surface area contributed by atoms with Gasteiger partial charge in [-0.2, -0.15) is 0 Å². The first-order chi connectivity index (χ1) is 7.91. The van der Waals surface area contributed by atoms with Gasteiger partial charge in [-0.25, -0.2) is 0 Å². The lowest BCUT2D eigenvalue weighted by molar-refractivity contribution is -0.119. The van der Waals surface area contributed by atoms with Gasteiger partial charge in [-0.15, -0.1) is 0 Å². The molecule has 0 aliphatic carbocycles. The molecule has 2 unspecified atom stereocenters. The number of rotatable bonds is 5. The fraction of sp³-hybridized carbons (Fsp3) is 0.462. The summed E-state index contributed by atoms with van der Waals surface area (Å²) in [5, 5.41) is 0. The van der Waals surface area contributed by atoms with Crippen molar-refractivity contribution in [1.82, 2.24) is 4.90 Å². The first-order valence-electron chi connectivity index (χ1n) is 5.72. The molecule has 1 aromatic carbocycles. The van der Waals surface area contributed by atoms with E-state index in [-0.39, 0.29) is 24.5 Å². The Kier molecular flexibility index (Phi) is 4.66. The van der Waals surface area contributed by atoms with Crippen molar-refractivity contribution >= 4 is 5.91 Å². The number of carbonyl (C=O) groups excluding carboxylic acids is 1. The van der Waals surface area contributed by atoms with E-state index < -0.39 is 0 Å². The van der Waals surface area contributed by atoms with Crippen LogP contribution < -0.4 is 11.5 Å². The highest BCUT2D eigenvalue weighted by atomic mass is 16.1. The Balaban J connectivity index is 2.92. The molecular weight excluding hydrogens is 214 g/mol. The van der Waals surface area contributed by atoms with Gasteiger partial charge >= 0.3 is 0 Å². The third kappa shape index (κ3) is 3.84. The van der Waals surface area contributed by atoms with Crippen molar-refractivity contribution in [2.24, 2.45) is 11.5 Å². The van der Waals surface area contributed by atoms with E-state index in [1.54, 1.807) is 0 Å². The first kappa shape index (κ1) is 13.7. The van der Waals surface area contributed by atoms with Crippen molar-refractivity contribution in [3.05, 3.63) is 35.4 Å². The van der Waals surface area contributed by atoms with Crippen molar-refractivity contribution in [1.29, 1.82) is 0 Å². The van der Waals surface area contributed by atoms with E-state index in [9.17, 15) is 4.79 Å². The Morgan fingerprint density at radius 2 is 1.88 bits per heavy atom. The molecule has 0 radical (unpaired) electrons. The van der Waals surface area contributed by atoms with Gasteiger partial charge in [-0.3, -0.25) is 9.69 Å². The molecule has 0 saturated heterocycles. The van der Waals surface area contributed by atoms with Crippen LogP contribution in [0.4, 0.5) is 0 Å². The van der Waals surface area contributed by atoms with Crippen LogP contribution >= 0.6 is 0 Å². The maximum absolute atomic E-state index is 11.0. The summed E-state index contributed by atoms with van der Waals surface area (Å²) in [4.78, 5) is 12.8. The zero-order chi connectivity index (χ0) is 13.0. The molecule has 0 aromatic heterocycles. The van der Waals surface area contributed by atoms with Gasteiger partial charge < -0.3 is 11.5 Å². The third-order valence-corrected chi connectivity index (χ3v) is 2.80. The average Bonchev–Trinajstić information content (AvgIpc) is 2.19. The number of hydrogen-bond donors (Lipinski definition) is 2. The van der Waals surface area contributed by atoms with E-state index in [2.05, 4.69) is 0 Å². The fourth-order valence-corrected chi connectivity index (χ4v) is 2.07. The number of hydrogen-bond acceptors (Lipinski definition) is 3. The Labute approximate surface area is 103 Å². The SMILES string of the molecule is Cc1ccc(C(C(C)N)N(C)CC(N)=O)cc1. The lowest BCUT2D eigenvalue weighted by Gasteiger charge is -2.30. The molecule has 0 heterocycles. The molecule has 1 aromatic rings. The topological polar surface area (TPSA) is 72.3 Å². The lowest BCUT2D eigenvalue weighted by Crippen LogP contribution is -2.41. The molecule has 17 heavy (non-hydrogen) atoms. The molecule has 0 fully saturated rings. The molecule has 4 heteroatoms. The molecular formula is C13H21N3O. The summed E-state index contributed by atoms with van der Waals surface area (Å²) in [7, 11) is 1.86. The van der Waals surface area contributed by atoms with Crippen LogP contribution in [0.25, 0.3) is 0 Å². The quantitative estimate of drug-likeness (QED) is 0.793. The Bertz CT molecular complexity index is 373. The summed E-state index contributed by atoms with van der Waals surface area (Å²) in [6.45, 7) is 4.18. The minimum atomic E-state index is -0.342. The van der Waals surface area contributed by atoms with Crippen molar-refractivity contribution < 1.29 is 4.79 Å². The Morgan fingerprint density at radius 3 is 2.29 bits per heavy atom. The highest BCUT2D eigenvalue weighted by molar-refractivity contribution is 5.75. The highest BCUT2D eigenvalue weighted by Crippen LogP contribution is 2.22. The zero-order valence-electron chi connectivity index (χ0n) is 10.7. The minimum absolute atomic E-state index is 0.00287. The van der Waals surface area contributed by atoms with E-state index in [0.29, 0.717) is 0 Å². The van der Waals surface area contributed by atoms with Crippen LogP contribution in [0, 0.1) is 6.92 Å². The second-order valence-electron chi connectivity index (χ2n) is 4.60. The number of aryl methyl sites for hydroxylation is 1. The number of likely N-dealkylation sites (N-methyl/N-ethyl adjacent to an activating group) is 1. The molecule has 0 aliphatic heterocycles. The molecule has 94 valence electrons. The Hall–Kier alpha value is -1.39. The van der Waals surface area contributed by atoms with Gasteiger partial charge in [0.25, 0.3) is 0 Å². The van der Waals surface area contributed by atoms with Gasteiger partial charge in [0.05, 0.1) is 6.54 Å². The molecule has 2 atom stereocenters. The molecule has 0 spiro atoms. The monoisotopic (exact) mass is 235 g/mol. The molecule has 0 bridgehead atoms. The van der Waals surface area contributed by atoms with Crippen molar-refractivity contribution in [3.8, 4) is 0 Å². The lowest BCUT2D eigenvalue weighted by atomic mass is 9.98. The second-order valence-corrected chi connectivity index (χ2v) is 4.60. The van der Waals surface area contributed by atoms with Crippen molar-refractivity contribution in [3.63, 3.8) is 0 Å². The van der Waals surface area contributed by atoms with Crippen molar-refractivity contribution in [2.45, 2.75) is 25.9 Å². The minimum Gasteiger partial charge on any atom is -0.369 e. The summed E-state index contributed by atoms with van der Waals surface area (Å²) < 4.78 is 0. The second kappa shape index (κ2) is 5.80. The number of carbonyl (C=O) groups is 1. The van der Waals surface area contributed by atoms with Gasteiger partial charge in [0.1, 0.15) is 0 Å². The Morgan fingerprint density at radius 1 is 1.35 bits per heavy atom. The standard InChI is InChI=1S/C13H21N3O/c1-9-4-6-11(7-5-9)13(10(2)14)16(3)8-12(15)17/h4-7,10,13H,8,14H2,1-3H3,(H2,15,17). The fourth-order valence-electron chi connectivity index (χ4n) is 2.07. The van der Waals surface area contributed by atoms with Crippen LogP contribution in [0.15, 0.2) is 24.3 Å². The predicted molar refractivity (Wildman–Crippen MR) is 69.4 cm³/mol. The maximum atomic E-state index is 11.0. The summed E-state index contributed by atoms with van der Waals surface area (Å²) >= 11 is 0. The number of primary amides is 1. The van der Waals surface area contributed by atoms with Gasteiger partial charge in [0.2, 0.25) is 5.91 Å². The van der Waals surface area contributed by atoms with Gasteiger partial charge in [-0.1, -0.05) is 29.8 Å². The molecule has 1 rings (SSSR count). The smallest absolute Gasteiger partial charge is 0.231 e. The summed E-state index contributed by atoms with van der Waals surface area (Å²) in [6.07, 6.45) is 0. The summed E-state index contributed by atoms with van der Waals surface area (Å²) in [6, 6.07) is 8.11. The molecule has 4 nitrogen and oxygen atoms in total. The average molecular weight is 235 g/mol. The number of amides is 1. The van der Waals surface area contributed by atoms with E-state index in [4.69, 9.17) is 11.5 Å². The van der Waals surface area contributed by atoms with E-state index in [1.165, 1.54) is 5.56 Å². The van der Waals surface area contributed by atoms with E-state index in [1.807, 2.05) is 50.1 Å². The largest absolute Gasteiger partial charge is 0.369 e. The number of benzene rings is 1. The highest BCUT2D eigenvalue weighted by Gasteiger charge is 2.21. The zero-order valence-corrected chi connectivity index (χ0v) is 10.7. The summed E-state index contributed by atoms with van der Waals surface area (Å²) in [5.74, 6) is -0.342. The van der Waals surface area contributed by atoms with Crippen LogP contribution in [-0.2, 0) is 4.79 Å². The maximum Gasteiger partial charge on any atom is 0.231 e. The van der Waals surface area contributed by atoms with E-state index in [0.717, 1.165) is 5.56 Å². The van der Waals surface area contributed by atoms with Crippen LogP contribution in [0.3, 0.4) is 0 Å². The molecule has 0 aliphatic rings. The van der Waals surface area contributed by atoms with Gasteiger partial charge in [0.15, 0.2) is 0 Å². The third-order valence-electron chi connectivity index (χ3n) is 2.80. The first-order valence-corrected chi connectivity index (χ1v) is 5.72.